The molecule has 2 aromatic carbocycles. The summed E-state index contributed by atoms with van der Waals surface area (Å²) in [6.07, 6.45) is 3.71. The number of aromatic nitrogens is 1. The molecule has 162 valence electrons. The number of rotatable bonds is 8. The van der Waals surface area contributed by atoms with E-state index in [2.05, 4.69) is 15.0 Å². The number of amides is 1. The second-order valence-electron chi connectivity index (χ2n) is 6.89. The van der Waals surface area contributed by atoms with Gasteiger partial charge in [-0.3, -0.25) is 9.52 Å². The molecule has 0 radical (unpaired) electrons. The second-order valence-corrected chi connectivity index (χ2v) is 9.47. The van der Waals surface area contributed by atoms with Crippen LogP contribution in [0.4, 0.5) is 10.8 Å². The van der Waals surface area contributed by atoms with Crippen molar-refractivity contribution in [2.75, 3.05) is 23.3 Å². The number of anilines is 2. The van der Waals surface area contributed by atoms with Crippen LogP contribution in [-0.4, -0.2) is 38.6 Å². The van der Waals surface area contributed by atoms with E-state index in [1.54, 1.807) is 29.6 Å². The summed E-state index contributed by atoms with van der Waals surface area (Å²) in [5.41, 5.74) is 0.948. The van der Waals surface area contributed by atoms with Gasteiger partial charge in [-0.05, 0) is 61.4 Å². The Balaban J connectivity index is 1.33. The summed E-state index contributed by atoms with van der Waals surface area (Å²) in [6, 6.07) is 12.8. The van der Waals surface area contributed by atoms with Crippen LogP contribution in [-0.2, 0) is 14.8 Å². The minimum Gasteiger partial charge on any atom is -0.491 e. The molecule has 1 atom stereocenters. The average molecular weight is 460 g/mol. The average Bonchev–Trinajstić information content (AvgIpc) is 3.47. The van der Waals surface area contributed by atoms with Crippen molar-refractivity contribution >= 4 is 38.1 Å². The Morgan fingerprint density at radius 2 is 1.94 bits per heavy atom. The highest BCUT2D eigenvalue weighted by molar-refractivity contribution is 7.93. The number of nitrogens with zero attached hydrogens (tertiary/aromatic N) is 1. The van der Waals surface area contributed by atoms with Crippen LogP contribution in [0.25, 0.3) is 0 Å². The SMILES string of the molecule is O=C(Nc1ccc(S(=O)(=O)Nc2nccs2)cc1)c1ccc(OC[C@@H]2CCCO2)cc1. The van der Waals surface area contributed by atoms with E-state index in [1.165, 1.54) is 41.8 Å². The monoisotopic (exact) mass is 459 g/mol. The minimum atomic E-state index is -3.73. The van der Waals surface area contributed by atoms with Crippen LogP contribution < -0.4 is 14.8 Å². The molecule has 0 saturated carbocycles. The van der Waals surface area contributed by atoms with Crippen LogP contribution >= 0.6 is 11.3 Å². The zero-order valence-electron chi connectivity index (χ0n) is 16.5. The Hall–Kier alpha value is -2.95. The Bertz CT molecular complexity index is 1110. The quantitative estimate of drug-likeness (QED) is 0.531. The normalized spacial score (nSPS) is 16.1. The first-order chi connectivity index (χ1) is 15.0. The molecular weight excluding hydrogens is 438 g/mol. The molecule has 1 saturated heterocycles. The largest absolute Gasteiger partial charge is 0.491 e. The van der Waals surface area contributed by atoms with Gasteiger partial charge in [-0.2, -0.15) is 0 Å². The molecule has 1 aromatic heterocycles. The van der Waals surface area contributed by atoms with E-state index >= 15 is 0 Å². The molecule has 8 nitrogen and oxygen atoms in total. The van der Waals surface area contributed by atoms with Crippen molar-refractivity contribution in [2.45, 2.75) is 23.8 Å². The number of ether oxygens (including phenoxy) is 2. The number of carbonyl (C=O) groups excluding carboxylic acids is 1. The molecule has 1 aliphatic heterocycles. The van der Waals surface area contributed by atoms with E-state index in [0.29, 0.717) is 28.7 Å². The number of sulfonamides is 1. The topological polar surface area (TPSA) is 107 Å². The van der Waals surface area contributed by atoms with Crippen molar-refractivity contribution in [1.82, 2.24) is 4.98 Å². The van der Waals surface area contributed by atoms with Gasteiger partial charge in [0.05, 0.1) is 11.0 Å². The van der Waals surface area contributed by atoms with Gasteiger partial charge in [-0.25, -0.2) is 13.4 Å². The summed E-state index contributed by atoms with van der Waals surface area (Å²) >= 11 is 1.19. The standard InChI is InChI=1S/C21H21N3O5S2/c25-20(15-3-7-17(8-4-15)29-14-18-2-1-12-28-18)23-16-5-9-19(10-6-16)31(26,27)24-21-22-11-13-30-21/h3-11,13,18H,1-2,12,14H2,(H,22,24)(H,23,25)/t18-/m0/s1. The van der Waals surface area contributed by atoms with Crippen LogP contribution in [0.3, 0.4) is 0 Å². The van der Waals surface area contributed by atoms with Crippen molar-refractivity contribution in [3.63, 3.8) is 0 Å². The van der Waals surface area contributed by atoms with Crippen molar-refractivity contribution in [2.24, 2.45) is 0 Å². The Morgan fingerprint density at radius 1 is 1.16 bits per heavy atom. The van der Waals surface area contributed by atoms with Gasteiger partial charge in [0.1, 0.15) is 12.4 Å². The summed E-state index contributed by atoms with van der Waals surface area (Å²) in [4.78, 5) is 16.5. The molecule has 0 bridgehead atoms. The van der Waals surface area contributed by atoms with Crippen LogP contribution in [0.2, 0.25) is 0 Å². The molecule has 1 amide bonds. The van der Waals surface area contributed by atoms with Crippen LogP contribution in [0.5, 0.6) is 5.75 Å². The molecule has 2 N–H and O–H groups in total. The Labute approximate surface area is 184 Å². The van der Waals surface area contributed by atoms with Crippen molar-refractivity contribution in [1.29, 1.82) is 0 Å². The predicted octanol–water partition coefficient (Wildman–Crippen LogP) is 3.75. The van der Waals surface area contributed by atoms with Gasteiger partial charge in [0, 0.05) is 29.4 Å². The third kappa shape index (κ3) is 5.60. The summed E-state index contributed by atoms with van der Waals surface area (Å²) < 4.78 is 38.4. The number of hydrogen-bond acceptors (Lipinski definition) is 7. The molecule has 2 heterocycles. The maximum atomic E-state index is 12.5. The Morgan fingerprint density at radius 3 is 2.58 bits per heavy atom. The Kier molecular flexibility index (Phi) is 6.50. The van der Waals surface area contributed by atoms with E-state index in [4.69, 9.17) is 9.47 Å². The third-order valence-electron chi connectivity index (χ3n) is 4.65. The number of nitrogens with one attached hydrogen (secondary N) is 2. The first-order valence-electron chi connectivity index (χ1n) is 9.68. The smallest absolute Gasteiger partial charge is 0.263 e. The van der Waals surface area contributed by atoms with Crippen LogP contribution in [0.1, 0.15) is 23.2 Å². The van der Waals surface area contributed by atoms with Gasteiger partial charge < -0.3 is 14.8 Å². The fourth-order valence-electron chi connectivity index (χ4n) is 3.04. The van der Waals surface area contributed by atoms with E-state index < -0.39 is 10.0 Å². The van der Waals surface area contributed by atoms with Crippen LogP contribution in [0.15, 0.2) is 65.0 Å². The maximum Gasteiger partial charge on any atom is 0.263 e. The van der Waals surface area contributed by atoms with Gasteiger partial charge in [0.25, 0.3) is 15.9 Å². The van der Waals surface area contributed by atoms with Crippen molar-refractivity contribution in [3.05, 3.63) is 65.7 Å². The lowest BCUT2D eigenvalue weighted by Gasteiger charge is -2.12. The zero-order chi connectivity index (χ0) is 21.7. The minimum absolute atomic E-state index is 0.0773. The van der Waals surface area contributed by atoms with Crippen molar-refractivity contribution in [3.8, 4) is 5.75 Å². The summed E-state index contributed by atoms with van der Waals surface area (Å²) in [5, 5.41) is 4.73. The molecule has 0 aliphatic carbocycles. The van der Waals surface area contributed by atoms with Gasteiger partial charge in [0.15, 0.2) is 5.13 Å². The molecule has 3 aromatic rings. The highest BCUT2D eigenvalue weighted by atomic mass is 32.2. The number of thiazole rings is 1. The zero-order valence-corrected chi connectivity index (χ0v) is 18.1. The lowest BCUT2D eigenvalue weighted by atomic mass is 10.2. The number of benzene rings is 2. The second kappa shape index (κ2) is 9.46. The summed E-state index contributed by atoms with van der Waals surface area (Å²) in [5.74, 6) is 0.372. The summed E-state index contributed by atoms with van der Waals surface area (Å²) in [7, 11) is -3.73. The lowest BCUT2D eigenvalue weighted by molar-refractivity contribution is 0.0679. The lowest BCUT2D eigenvalue weighted by Crippen LogP contribution is -2.16. The fourth-order valence-corrected chi connectivity index (χ4v) is 4.82. The molecule has 10 heteroatoms. The van der Waals surface area contributed by atoms with E-state index in [1.807, 2.05) is 0 Å². The molecular formula is C21H21N3O5S2. The van der Waals surface area contributed by atoms with E-state index in [-0.39, 0.29) is 16.9 Å². The first-order valence-corrected chi connectivity index (χ1v) is 12.0. The van der Waals surface area contributed by atoms with Gasteiger partial charge in [-0.15, -0.1) is 11.3 Å². The van der Waals surface area contributed by atoms with Crippen molar-refractivity contribution < 1.29 is 22.7 Å². The van der Waals surface area contributed by atoms with Crippen LogP contribution in [0, 0.1) is 0 Å². The molecule has 1 fully saturated rings. The first kappa shape index (κ1) is 21.3. The fraction of sp³-hybridized carbons (Fsp3) is 0.238. The van der Waals surface area contributed by atoms with E-state index in [0.717, 1.165) is 19.4 Å². The van der Waals surface area contributed by atoms with E-state index in [9.17, 15) is 13.2 Å². The molecule has 0 spiro atoms. The maximum absolute atomic E-state index is 12.5. The number of hydrogen-bond donors (Lipinski definition) is 2. The summed E-state index contributed by atoms with van der Waals surface area (Å²) in [6.45, 7) is 1.28. The molecule has 0 unspecified atom stereocenters. The third-order valence-corrected chi connectivity index (χ3v) is 6.83. The molecule has 4 rings (SSSR count). The highest BCUT2D eigenvalue weighted by Crippen LogP contribution is 2.21. The predicted molar refractivity (Wildman–Crippen MR) is 118 cm³/mol. The number of carbonyl (C=O) groups is 1. The molecule has 31 heavy (non-hydrogen) atoms. The highest BCUT2D eigenvalue weighted by Gasteiger charge is 2.17. The molecule has 1 aliphatic rings. The van der Waals surface area contributed by atoms with Gasteiger partial charge in [-0.1, -0.05) is 0 Å². The van der Waals surface area contributed by atoms with Gasteiger partial charge in [0.2, 0.25) is 0 Å². The van der Waals surface area contributed by atoms with Gasteiger partial charge >= 0.3 is 0 Å².